The molecule has 0 amide bonds. The summed E-state index contributed by atoms with van der Waals surface area (Å²) in [7, 11) is -1.61. The van der Waals surface area contributed by atoms with Crippen LogP contribution in [0.4, 0.5) is 15.8 Å². The standard InChI is InChI=1S/C13H10BrFN2O3S/c14-13-8(2-1-3-11(13)17(18)19)7-21(20)12-6-9(15)4-5-10(12)16/h1-6H,7,16H2. The van der Waals surface area contributed by atoms with E-state index in [1.807, 2.05) is 0 Å². The van der Waals surface area contributed by atoms with Gasteiger partial charge in [-0.15, -0.1) is 0 Å². The molecular formula is C13H10BrFN2O3S. The maximum atomic E-state index is 13.2. The first-order valence-electron chi connectivity index (χ1n) is 5.75. The highest BCUT2D eigenvalue weighted by atomic mass is 79.9. The van der Waals surface area contributed by atoms with Crippen molar-refractivity contribution in [1.29, 1.82) is 0 Å². The number of rotatable bonds is 4. The Bertz CT molecular complexity index is 739. The molecule has 0 aliphatic rings. The van der Waals surface area contributed by atoms with Crippen LogP contribution in [0.15, 0.2) is 45.8 Å². The third kappa shape index (κ3) is 3.45. The van der Waals surface area contributed by atoms with Gasteiger partial charge in [0, 0.05) is 11.8 Å². The van der Waals surface area contributed by atoms with Gasteiger partial charge in [0.1, 0.15) is 5.82 Å². The molecule has 0 spiro atoms. The number of nitrogens with two attached hydrogens (primary N) is 1. The molecule has 1 unspecified atom stereocenters. The van der Waals surface area contributed by atoms with Gasteiger partial charge in [0.25, 0.3) is 5.69 Å². The molecule has 0 aliphatic heterocycles. The van der Waals surface area contributed by atoms with Crippen LogP contribution in [0.2, 0.25) is 0 Å². The molecule has 2 rings (SSSR count). The van der Waals surface area contributed by atoms with Crippen LogP contribution in [-0.4, -0.2) is 9.13 Å². The van der Waals surface area contributed by atoms with Crippen LogP contribution in [0.3, 0.4) is 0 Å². The lowest BCUT2D eigenvalue weighted by atomic mass is 10.2. The normalized spacial score (nSPS) is 12.1. The zero-order valence-corrected chi connectivity index (χ0v) is 13.0. The van der Waals surface area contributed by atoms with Crippen LogP contribution in [0.5, 0.6) is 0 Å². The van der Waals surface area contributed by atoms with Crippen molar-refractivity contribution in [2.45, 2.75) is 10.6 Å². The van der Waals surface area contributed by atoms with E-state index in [0.29, 0.717) is 5.56 Å². The highest BCUT2D eigenvalue weighted by molar-refractivity contribution is 9.10. The van der Waals surface area contributed by atoms with Crippen molar-refractivity contribution in [3.05, 3.63) is 62.4 Å². The average molecular weight is 373 g/mol. The summed E-state index contributed by atoms with van der Waals surface area (Å²) in [4.78, 5) is 10.5. The van der Waals surface area contributed by atoms with Crippen LogP contribution in [0.25, 0.3) is 0 Å². The van der Waals surface area contributed by atoms with E-state index in [0.717, 1.165) is 6.07 Å². The van der Waals surface area contributed by atoms with Crippen LogP contribution in [0, 0.1) is 15.9 Å². The van der Waals surface area contributed by atoms with E-state index in [1.54, 1.807) is 6.07 Å². The lowest BCUT2D eigenvalue weighted by molar-refractivity contribution is -0.385. The smallest absolute Gasteiger partial charge is 0.283 e. The lowest BCUT2D eigenvalue weighted by Gasteiger charge is -2.08. The minimum absolute atomic E-state index is 0.00405. The molecule has 0 fully saturated rings. The Labute approximate surface area is 130 Å². The van der Waals surface area contributed by atoms with Gasteiger partial charge in [-0.25, -0.2) is 4.39 Å². The first-order chi connectivity index (χ1) is 9.90. The fourth-order valence-electron chi connectivity index (χ4n) is 1.74. The van der Waals surface area contributed by atoms with Gasteiger partial charge in [-0.2, -0.15) is 0 Å². The summed E-state index contributed by atoms with van der Waals surface area (Å²) in [5.41, 5.74) is 6.28. The first-order valence-corrected chi connectivity index (χ1v) is 7.86. The molecule has 2 aromatic rings. The molecule has 1 atom stereocenters. The van der Waals surface area contributed by atoms with E-state index in [1.165, 1.54) is 24.3 Å². The molecule has 2 aromatic carbocycles. The number of nitrogen functional groups attached to an aromatic ring is 1. The summed E-state index contributed by atoms with van der Waals surface area (Å²) < 4.78 is 25.8. The van der Waals surface area contributed by atoms with Gasteiger partial charge in [-0.3, -0.25) is 14.3 Å². The van der Waals surface area contributed by atoms with Gasteiger partial charge in [0.05, 0.1) is 30.8 Å². The van der Waals surface area contributed by atoms with E-state index in [-0.39, 0.29) is 26.5 Å². The number of anilines is 1. The molecule has 0 heterocycles. The number of halogens is 2. The predicted molar refractivity (Wildman–Crippen MR) is 81.7 cm³/mol. The third-order valence-electron chi connectivity index (χ3n) is 2.76. The monoisotopic (exact) mass is 372 g/mol. The van der Waals surface area contributed by atoms with Crippen LogP contribution in [0.1, 0.15) is 5.56 Å². The first kappa shape index (κ1) is 15.6. The molecule has 0 aromatic heterocycles. The summed E-state index contributed by atoms with van der Waals surface area (Å²) in [5, 5.41) is 10.9. The maximum absolute atomic E-state index is 13.2. The van der Waals surface area contributed by atoms with E-state index in [2.05, 4.69) is 15.9 Å². The summed E-state index contributed by atoms with van der Waals surface area (Å²) in [6.45, 7) is 0. The fourth-order valence-corrected chi connectivity index (χ4v) is 3.73. The second-order valence-corrected chi connectivity index (χ2v) is 6.39. The summed E-state index contributed by atoms with van der Waals surface area (Å²) in [6, 6.07) is 8.09. The summed E-state index contributed by atoms with van der Waals surface area (Å²) in [6.07, 6.45) is 0. The van der Waals surface area contributed by atoms with Crippen molar-refractivity contribution < 1.29 is 13.5 Å². The summed E-state index contributed by atoms with van der Waals surface area (Å²) in [5.74, 6) is -0.540. The highest BCUT2D eigenvalue weighted by Gasteiger charge is 2.18. The molecule has 0 saturated carbocycles. The Morgan fingerprint density at radius 3 is 2.71 bits per heavy atom. The number of nitro benzene ring substituents is 1. The number of nitro groups is 1. The maximum Gasteiger partial charge on any atom is 0.283 e. The largest absolute Gasteiger partial charge is 0.398 e. The minimum atomic E-state index is -1.61. The topological polar surface area (TPSA) is 86.2 Å². The molecule has 0 aliphatic carbocycles. The molecule has 0 bridgehead atoms. The molecule has 5 nitrogen and oxygen atoms in total. The van der Waals surface area contributed by atoms with Gasteiger partial charge in [-0.1, -0.05) is 12.1 Å². The second kappa shape index (κ2) is 6.31. The van der Waals surface area contributed by atoms with Crippen molar-refractivity contribution >= 4 is 38.1 Å². The number of hydrogen-bond acceptors (Lipinski definition) is 4. The van der Waals surface area contributed by atoms with Crippen molar-refractivity contribution in [3.63, 3.8) is 0 Å². The minimum Gasteiger partial charge on any atom is -0.398 e. The van der Waals surface area contributed by atoms with Crippen molar-refractivity contribution in [3.8, 4) is 0 Å². The van der Waals surface area contributed by atoms with Crippen molar-refractivity contribution in [2.75, 3.05) is 5.73 Å². The fraction of sp³-hybridized carbons (Fsp3) is 0.0769. The van der Waals surface area contributed by atoms with Crippen molar-refractivity contribution in [2.24, 2.45) is 0 Å². The Morgan fingerprint density at radius 2 is 2.05 bits per heavy atom. The molecule has 2 N–H and O–H groups in total. The van der Waals surface area contributed by atoms with E-state index in [4.69, 9.17) is 5.73 Å². The van der Waals surface area contributed by atoms with Gasteiger partial charge in [0.2, 0.25) is 0 Å². The number of benzene rings is 2. The van der Waals surface area contributed by atoms with Crippen molar-refractivity contribution in [1.82, 2.24) is 0 Å². The zero-order chi connectivity index (χ0) is 15.6. The molecule has 0 saturated heterocycles. The quantitative estimate of drug-likeness (QED) is 0.506. The predicted octanol–water partition coefficient (Wildman–Crippen LogP) is 3.39. The van der Waals surface area contributed by atoms with Gasteiger partial charge < -0.3 is 5.73 Å². The molecule has 0 radical (unpaired) electrons. The van der Waals surface area contributed by atoms with E-state index in [9.17, 15) is 18.7 Å². The van der Waals surface area contributed by atoms with Crippen LogP contribution >= 0.6 is 15.9 Å². The number of hydrogen-bond donors (Lipinski definition) is 1. The Kier molecular flexibility index (Phi) is 4.69. The lowest BCUT2D eigenvalue weighted by Crippen LogP contribution is -2.03. The Morgan fingerprint density at radius 1 is 1.33 bits per heavy atom. The highest BCUT2D eigenvalue weighted by Crippen LogP contribution is 2.30. The third-order valence-corrected chi connectivity index (χ3v) is 5.10. The number of nitrogens with zero attached hydrogens (tertiary/aromatic N) is 1. The molecule has 8 heteroatoms. The van der Waals surface area contributed by atoms with Gasteiger partial charge in [0.15, 0.2) is 0 Å². The van der Waals surface area contributed by atoms with Gasteiger partial charge >= 0.3 is 0 Å². The molecular weight excluding hydrogens is 363 g/mol. The Balaban J connectivity index is 2.34. The second-order valence-electron chi connectivity index (χ2n) is 4.18. The van der Waals surface area contributed by atoms with E-state index >= 15 is 0 Å². The van der Waals surface area contributed by atoms with Gasteiger partial charge in [-0.05, 0) is 39.7 Å². The SMILES string of the molecule is Nc1ccc(F)cc1S(=O)Cc1cccc([N+](=O)[O-])c1Br. The molecule has 110 valence electrons. The average Bonchev–Trinajstić information content (AvgIpc) is 2.43. The molecule has 21 heavy (non-hydrogen) atoms. The van der Waals surface area contributed by atoms with Crippen LogP contribution < -0.4 is 5.73 Å². The van der Waals surface area contributed by atoms with E-state index < -0.39 is 21.5 Å². The zero-order valence-electron chi connectivity index (χ0n) is 10.6. The summed E-state index contributed by atoms with van der Waals surface area (Å²) >= 11 is 3.13. The Hall–Kier alpha value is -1.80. The van der Waals surface area contributed by atoms with Crippen LogP contribution in [-0.2, 0) is 16.6 Å².